The van der Waals surface area contributed by atoms with Crippen LogP contribution in [0.4, 0.5) is 0 Å². The minimum Gasteiger partial charge on any atom is -0.288 e. The number of rotatable bonds is 4. The van der Waals surface area contributed by atoms with E-state index < -0.39 is 0 Å². The van der Waals surface area contributed by atoms with Crippen molar-refractivity contribution >= 4 is 23.2 Å². The lowest BCUT2D eigenvalue weighted by molar-refractivity contribution is 0.105. The van der Waals surface area contributed by atoms with Gasteiger partial charge < -0.3 is 0 Å². The van der Waals surface area contributed by atoms with Crippen molar-refractivity contribution in [3.8, 4) is 0 Å². The van der Waals surface area contributed by atoms with Crippen molar-refractivity contribution in [3.63, 3.8) is 0 Å². The van der Waals surface area contributed by atoms with E-state index in [-0.39, 0.29) is 5.78 Å². The Morgan fingerprint density at radius 3 is 2.88 bits per heavy atom. The molecule has 0 radical (unpaired) electrons. The highest BCUT2D eigenvalue weighted by Gasteiger charge is 2.05. The fourth-order valence-corrected chi connectivity index (χ4v) is 2.36. The second kappa shape index (κ2) is 5.10. The Morgan fingerprint density at radius 1 is 1.47 bits per heavy atom. The number of allylic oxidation sites excluding steroid dienone is 1. The summed E-state index contributed by atoms with van der Waals surface area (Å²) in [5.74, 6) is 0.0518. The number of hydrogen-bond acceptors (Lipinski definition) is 3. The van der Waals surface area contributed by atoms with E-state index in [2.05, 4.69) is 12.0 Å². The van der Waals surface area contributed by atoms with Crippen molar-refractivity contribution < 1.29 is 4.79 Å². The first-order chi connectivity index (χ1) is 8.20. The van der Waals surface area contributed by atoms with Crippen LogP contribution in [0, 0.1) is 0 Å². The zero-order valence-corrected chi connectivity index (χ0v) is 10.7. The van der Waals surface area contributed by atoms with Crippen LogP contribution in [0.15, 0.2) is 30.5 Å². The normalized spacial score (nSPS) is 11.2. The van der Waals surface area contributed by atoms with Gasteiger partial charge in [-0.1, -0.05) is 6.92 Å². The molecule has 0 aliphatic carbocycles. The molecule has 17 heavy (non-hydrogen) atoms. The number of carbonyl (C=O) groups excluding carboxylic acids is 1. The minimum absolute atomic E-state index is 0.0518. The standard InChI is InChI=1S/C13H14N2OS/c1-3-11-5-7-13(17-11)12(16)6-4-10-8-9-14-15(10)2/h4-9H,3H2,1-2H3/b6-4+. The first-order valence-electron chi connectivity index (χ1n) is 5.50. The van der Waals surface area contributed by atoms with Gasteiger partial charge in [0, 0.05) is 18.1 Å². The lowest BCUT2D eigenvalue weighted by Crippen LogP contribution is -1.94. The first-order valence-corrected chi connectivity index (χ1v) is 6.31. The number of carbonyl (C=O) groups is 1. The van der Waals surface area contributed by atoms with Gasteiger partial charge >= 0.3 is 0 Å². The third-order valence-electron chi connectivity index (χ3n) is 2.52. The zero-order chi connectivity index (χ0) is 12.3. The van der Waals surface area contributed by atoms with Crippen molar-refractivity contribution in [2.75, 3.05) is 0 Å². The van der Waals surface area contributed by atoms with Gasteiger partial charge in [0.1, 0.15) is 0 Å². The van der Waals surface area contributed by atoms with E-state index in [1.165, 1.54) is 4.88 Å². The highest BCUT2D eigenvalue weighted by Crippen LogP contribution is 2.18. The summed E-state index contributed by atoms with van der Waals surface area (Å²) in [5, 5.41) is 4.04. The highest BCUT2D eigenvalue weighted by molar-refractivity contribution is 7.14. The lowest BCUT2D eigenvalue weighted by atomic mass is 10.2. The summed E-state index contributed by atoms with van der Waals surface area (Å²) in [5.41, 5.74) is 0.922. The average molecular weight is 246 g/mol. The second-order valence-electron chi connectivity index (χ2n) is 3.70. The molecule has 2 aromatic rings. The molecule has 0 aromatic carbocycles. The Morgan fingerprint density at radius 2 is 2.29 bits per heavy atom. The number of hydrogen-bond donors (Lipinski definition) is 0. The maximum atomic E-state index is 11.9. The molecule has 0 aliphatic rings. The van der Waals surface area contributed by atoms with Crippen LogP contribution in [0.2, 0.25) is 0 Å². The third kappa shape index (κ3) is 2.71. The molecule has 88 valence electrons. The van der Waals surface area contributed by atoms with Crippen LogP contribution in [0.25, 0.3) is 6.08 Å². The molecule has 2 aromatic heterocycles. The molecule has 0 atom stereocenters. The van der Waals surface area contributed by atoms with E-state index in [9.17, 15) is 4.79 Å². The lowest BCUT2D eigenvalue weighted by Gasteiger charge is -1.93. The van der Waals surface area contributed by atoms with Crippen molar-refractivity contribution in [2.45, 2.75) is 13.3 Å². The fraction of sp³-hybridized carbons (Fsp3) is 0.231. The van der Waals surface area contributed by atoms with Gasteiger partial charge in [0.25, 0.3) is 0 Å². The Bertz CT molecular complexity index is 551. The highest BCUT2D eigenvalue weighted by atomic mass is 32.1. The zero-order valence-electron chi connectivity index (χ0n) is 9.88. The maximum absolute atomic E-state index is 11.9. The van der Waals surface area contributed by atoms with Gasteiger partial charge in [-0.3, -0.25) is 9.48 Å². The van der Waals surface area contributed by atoms with Crippen LogP contribution in [0.3, 0.4) is 0 Å². The average Bonchev–Trinajstić information content (AvgIpc) is 2.94. The van der Waals surface area contributed by atoms with E-state index >= 15 is 0 Å². The molecular weight excluding hydrogens is 232 g/mol. The van der Waals surface area contributed by atoms with Crippen LogP contribution >= 0.6 is 11.3 Å². The van der Waals surface area contributed by atoms with Gasteiger partial charge in [-0.25, -0.2) is 0 Å². The van der Waals surface area contributed by atoms with Gasteiger partial charge in [0.05, 0.1) is 10.6 Å². The number of ketones is 1. The molecule has 0 bridgehead atoms. The summed E-state index contributed by atoms with van der Waals surface area (Å²) in [4.78, 5) is 13.9. The quantitative estimate of drug-likeness (QED) is 0.614. The number of thiophene rings is 1. The molecule has 0 spiro atoms. The Kier molecular flexibility index (Phi) is 3.54. The van der Waals surface area contributed by atoms with E-state index in [1.807, 2.05) is 25.2 Å². The summed E-state index contributed by atoms with van der Waals surface area (Å²) >= 11 is 1.56. The molecule has 0 aliphatic heterocycles. The molecule has 3 nitrogen and oxygen atoms in total. The maximum Gasteiger partial charge on any atom is 0.195 e. The number of nitrogens with zero attached hydrogens (tertiary/aromatic N) is 2. The van der Waals surface area contributed by atoms with Crippen molar-refractivity contribution in [1.29, 1.82) is 0 Å². The monoisotopic (exact) mass is 246 g/mol. The van der Waals surface area contributed by atoms with Crippen molar-refractivity contribution in [2.24, 2.45) is 7.05 Å². The van der Waals surface area contributed by atoms with Gasteiger partial charge in [-0.15, -0.1) is 11.3 Å². The summed E-state index contributed by atoms with van der Waals surface area (Å²) in [6.07, 6.45) is 6.08. The van der Waals surface area contributed by atoms with Crippen LogP contribution in [-0.4, -0.2) is 15.6 Å². The Labute approximate surface area is 104 Å². The van der Waals surface area contributed by atoms with Gasteiger partial charge in [0.15, 0.2) is 5.78 Å². The number of aromatic nitrogens is 2. The minimum atomic E-state index is 0.0518. The first kappa shape index (κ1) is 11.8. The molecule has 0 saturated carbocycles. The molecule has 0 saturated heterocycles. The van der Waals surface area contributed by atoms with Crippen molar-refractivity contribution in [3.05, 3.63) is 45.9 Å². The Hall–Kier alpha value is -1.68. The molecule has 0 N–H and O–H groups in total. The summed E-state index contributed by atoms with van der Waals surface area (Å²) in [6, 6.07) is 5.77. The SMILES string of the molecule is CCc1ccc(C(=O)/C=C/c2ccnn2C)s1. The van der Waals surface area contributed by atoms with E-state index in [4.69, 9.17) is 0 Å². The Balaban J connectivity index is 2.11. The van der Waals surface area contributed by atoms with Crippen LogP contribution < -0.4 is 0 Å². The number of aryl methyl sites for hydroxylation is 2. The molecule has 0 amide bonds. The van der Waals surface area contributed by atoms with E-state index in [1.54, 1.807) is 34.4 Å². The fourth-order valence-electron chi connectivity index (χ4n) is 1.49. The predicted octanol–water partition coefficient (Wildman–Crippen LogP) is 2.94. The summed E-state index contributed by atoms with van der Waals surface area (Å²) in [6.45, 7) is 2.09. The van der Waals surface area contributed by atoms with Gasteiger partial charge in [0.2, 0.25) is 0 Å². The van der Waals surface area contributed by atoms with Crippen LogP contribution in [-0.2, 0) is 13.5 Å². The molecule has 0 unspecified atom stereocenters. The summed E-state index contributed by atoms with van der Waals surface area (Å²) < 4.78 is 1.73. The van der Waals surface area contributed by atoms with Gasteiger partial charge in [-0.05, 0) is 36.8 Å². The smallest absolute Gasteiger partial charge is 0.195 e. The van der Waals surface area contributed by atoms with Crippen LogP contribution in [0.1, 0.15) is 27.2 Å². The second-order valence-corrected chi connectivity index (χ2v) is 4.87. The molecule has 2 rings (SSSR count). The van der Waals surface area contributed by atoms with E-state index in [0.29, 0.717) is 0 Å². The molecule has 0 fully saturated rings. The largest absolute Gasteiger partial charge is 0.288 e. The topological polar surface area (TPSA) is 34.9 Å². The third-order valence-corrected chi connectivity index (χ3v) is 3.76. The van der Waals surface area contributed by atoms with Crippen LogP contribution in [0.5, 0.6) is 0 Å². The predicted molar refractivity (Wildman–Crippen MR) is 70.3 cm³/mol. The van der Waals surface area contributed by atoms with Crippen molar-refractivity contribution in [1.82, 2.24) is 9.78 Å². The van der Waals surface area contributed by atoms with Gasteiger partial charge in [-0.2, -0.15) is 5.10 Å². The van der Waals surface area contributed by atoms with E-state index in [0.717, 1.165) is 17.0 Å². The molecule has 2 heterocycles. The molecule has 4 heteroatoms. The summed E-state index contributed by atoms with van der Waals surface area (Å²) in [7, 11) is 1.85. The molecular formula is C13H14N2OS.